The van der Waals surface area contributed by atoms with Gasteiger partial charge < -0.3 is 15.0 Å². The number of anilines is 1. The Morgan fingerprint density at radius 2 is 1.64 bits per heavy atom. The van der Waals surface area contributed by atoms with E-state index in [4.69, 9.17) is 27.9 Å². The Bertz CT molecular complexity index is 1720. The number of fused-ring (bicyclic) bond motifs is 2. The molecule has 4 aromatic carbocycles. The van der Waals surface area contributed by atoms with Gasteiger partial charge in [0.15, 0.2) is 0 Å². The number of nitrogens with one attached hydrogen (secondary N) is 1. The fourth-order valence-corrected chi connectivity index (χ4v) is 4.91. The highest BCUT2D eigenvalue weighted by Crippen LogP contribution is 2.35. The molecule has 5 aromatic rings. The van der Waals surface area contributed by atoms with E-state index in [-0.39, 0.29) is 25.0 Å². The number of para-hydroxylation sites is 1. The Morgan fingerprint density at radius 1 is 0.897 bits per heavy atom. The van der Waals surface area contributed by atoms with Gasteiger partial charge >= 0.3 is 0 Å². The lowest BCUT2D eigenvalue weighted by Gasteiger charge is -2.21. The van der Waals surface area contributed by atoms with Gasteiger partial charge in [-0.2, -0.15) is 0 Å². The first-order valence-electron chi connectivity index (χ1n) is 12.3. The fraction of sp³-hybridized carbons (Fsp3) is 0.129. The highest BCUT2D eigenvalue weighted by atomic mass is 35.5. The summed E-state index contributed by atoms with van der Waals surface area (Å²) in [6.45, 7) is 1.81. The van der Waals surface area contributed by atoms with Gasteiger partial charge in [-0.25, -0.2) is 4.98 Å². The molecule has 1 heterocycles. The highest BCUT2D eigenvalue weighted by Gasteiger charge is 2.20. The van der Waals surface area contributed by atoms with Crippen LogP contribution in [0, 0.1) is 6.92 Å². The van der Waals surface area contributed by atoms with E-state index >= 15 is 0 Å². The van der Waals surface area contributed by atoms with Crippen LogP contribution in [0.5, 0.6) is 5.75 Å². The predicted octanol–water partition coefficient (Wildman–Crippen LogP) is 6.98. The number of aromatic nitrogens is 1. The summed E-state index contributed by atoms with van der Waals surface area (Å²) in [7, 11) is 1.60. The maximum atomic E-state index is 13.0. The van der Waals surface area contributed by atoms with Crippen LogP contribution in [0.2, 0.25) is 10.0 Å². The molecule has 0 saturated carbocycles. The molecule has 1 N–H and O–H groups in total. The number of likely N-dealkylation sites (N-methyl/N-ethyl adjacent to an activating group) is 1. The normalized spacial score (nSPS) is 11.0. The van der Waals surface area contributed by atoms with Crippen molar-refractivity contribution in [2.75, 3.05) is 18.5 Å². The molecule has 2 amide bonds. The number of pyridine rings is 1. The molecule has 0 fully saturated rings. The third-order valence-electron chi connectivity index (χ3n) is 6.51. The summed E-state index contributed by atoms with van der Waals surface area (Å²) in [5, 5.41) is 6.35. The first-order valence-corrected chi connectivity index (χ1v) is 13.1. The van der Waals surface area contributed by atoms with Crippen molar-refractivity contribution in [2.45, 2.75) is 13.5 Å². The topological polar surface area (TPSA) is 71.5 Å². The zero-order valence-electron chi connectivity index (χ0n) is 21.4. The molecule has 0 saturated heterocycles. The molecule has 0 aliphatic heterocycles. The molecular formula is C31H25Cl2N3O3. The van der Waals surface area contributed by atoms with Gasteiger partial charge in [0, 0.05) is 34.3 Å². The molecule has 0 spiro atoms. The van der Waals surface area contributed by atoms with Crippen molar-refractivity contribution in [1.29, 1.82) is 0 Å². The van der Waals surface area contributed by atoms with Gasteiger partial charge in [0.25, 0.3) is 5.91 Å². The van der Waals surface area contributed by atoms with E-state index in [1.54, 1.807) is 31.3 Å². The van der Waals surface area contributed by atoms with Gasteiger partial charge in [0.05, 0.1) is 17.3 Å². The van der Waals surface area contributed by atoms with Crippen molar-refractivity contribution < 1.29 is 14.3 Å². The first-order chi connectivity index (χ1) is 18.8. The summed E-state index contributed by atoms with van der Waals surface area (Å²) in [6, 6.07) is 26.2. The van der Waals surface area contributed by atoms with Crippen LogP contribution in [0.3, 0.4) is 0 Å². The second kappa shape index (κ2) is 11.3. The minimum Gasteiger partial charge on any atom is -0.487 e. The molecule has 196 valence electrons. The van der Waals surface area contributed by atoms with E-state index in [1.165, 1.54) is 4.90 Å². The standard InChI is InChI=1S/C31H25Cl2N3O3/c1-19-10-11-21-8-5-9-27(30(21)35-19)39-18-24-25(32)14-15-26(29(24)33)36(2)28(37)17-34-31(38)23-13-12-20-6-3-4-7-22(20)16-23/h3-16H,17-18H2,1-2H3,(H,34,38). The highest BCUT2D eigenvalue weighted by molar-refractivity contribution is 6.38. The zero-order chi connectivity index (χ0) is 27.5. The molecule has 5 rings (SSSR count). The SMILES string of the molecule is Cc1ccc2cccc(OCc3c(Cl)ccc(N(C)C(=O)CNC(=O)c4ccc5ccccc5c4)c3Cl)c2n1. The Balaban J connectivity index is 1.28. The van der Waals surface area contributed by atoms with Crippen molar-refractivity contribution in [2.24, 2.45) is 0 Å². The van der Waals surface area contributed by atoms with Crippen LogP contribution in [0.15, 0.2) is 84.9 Å². The van der Waals surface area contributed by atoms with Crippen molar-refractivity contribution in [3.05, 3.63) is 112 Å². The summed E-state index contributed by atoms with van der Waals surface area (Å²) in [6.07, 6.45) is 0. The van der Waals surface area contributed by atoms with E-state index in [0.29, 0.717) is 32.6 Å². The van der Waals surface area contributed by atoms with E-state index in [9.17, 15) is 9.59 Å². The quantitative estimate of drug-likeness (QED) is 0.234. The van der Waals surface area contributed by atoms with Gasteiger partial charge in [-0.15, -0.1) is 0 Å². The maximum absolute atomic E-state index is 13.0. The number of ether oxygens (including phenoxy) is 1. The summed E-state index contributed by atoms with van der Waals surface area (Å²) in [4.78, 5) is 31.7. The molecule has 1 aromatic heterocycles. The Kier molecular flexibility index (Phi) is 7.68. The van der Waals surface area contributed by atoms with Crippen molar-refractivity contribution in [3.8, 4) is 5.75 Å². The number of aryl methyl sites for hydroxylation is 1. The maximum Gasteiger partial charge on any atom is 0.251 e. The smallest absolute Gasteiger partial charge is 0.251 e. The lowest BCUT2D eigenvalue weighted by atomic mass is 10.1. The van der Waals surface area contributed by atoms with Gasteiger partial charge in [-0.05, 0) is 54.1 Å². The third kappa shape index (κ3) is 5.67. The average molecular weight is 558 g/mol. The molecule has 0 aliphatic rings. The number of benzene rings is 4. The molecule has 0 unspecified atom stereocenters. The van der Waals surface area contributed by atoms with Crippen LogP contribution in [-0.4, -0.2) is 30.4 Å². The lowest BCUT2D eigenvalue weighted by molar-refractivity contribution is -0.117. The van der Waals surface area contributed by atoms with E-state index in [1.807, 2.05) is 67.6 Å². The summed E-state index contributed by atoms with van der Waals surface area (Å²) < 4.78 is 6.08. The number of hydrogen-bond acceptors (Lipinski definition) is 4. The Labute approximate surface area is 236 Å². The number of rotatable bonds is 7. The number of hydrogen-bond donors (Lipinski definition) is 1. The summed E-state index contributed by atoms with van der Waals surface area (Å²) in [5.41, 5.74) is 3.10. The average Bonchev–Trinajstić information content (AvgIpc) is 2.95. The largest absolute Gasteiger partial charge is 0.487 e. The Morgan fingerprint density at radius 3 is 2.46 bits per heavy atom. The van der Waals surface area contributed by atoms with Crippen molar-refractivity contribution in [1.82, 2.24) is 10.3 Å². The summed E-state index contributed by atoms with van der Waals surface area (Å²) in [5.74, 6) is -0.0683. The number of amides is 2. The van der Waals surface area contributed by atoms with Gasteiger partial charge in [-0.1, -0.05) is 71.7 Å². The molecule has 39 heavy (non-hydrogen) atoms. The zero-order valence-corrected chi connectivity index (χ0v) is 22.9. The van der Waals surface area contributed by atoms with Crippen molar-refractivity contribution in [3.63, 3.8) is 0 Å². The molecular weight excluding hydrogens is 533 g/mol. The van der Waals surface area contributed by atoms with Crippen LogP contribution in [0.1, 0.15) is 21.6 Å². The molecule has 6 nitrogen and oxygen atoms in total. The second-order valence-electron chi connectivity index (χ2n) is 9.13. The molecule has 0 bridgehead atoms. The van der Waals surface area contributed by atoms with Crippen LogP contribution < -0.4 is 15.0 Å². The second-order valence-corrected chi connectivity index (χ2v) is 9.91. The van der Waals surface area contributed by atoms with E-state index in [2.05, 4.69) is 10.3 Å². The molecule has 0 aliphatic carbocycles. The molecule has 0 atom stereocenters. The van der Waals surface area contributed by atoms with Gasteiger partial charge in [-0.3, -0.25) is 9.59 Å². The van der Waals surface area contributed by atoms with Gasteiger partial charge in [0.2, 0.25) is 5.91 Å². The fourth-order valence-electron chi connectivity index (χ4n) is 4.30. The van der Waals surface area contributed by atoms with Crippen LogP contribution in [0.25, 0.3) is 21.7 Å². The van der Waals surface area contributed by atoms with E-state index < -0.39 is 0 Å². The molecule has 0 radical (unpaired) electrons. The monoisotopic (exact) mass is 557 g/mol. The Hall–Kier alpha value is -4.13. The third-order valence-corrected chi connectivity index (χ3v) is 7.28. The predicted molar refractivity (Wildman–Crippen MR) is 157 cm³/mol. The minimum atomic E-state index is -0.339. The number of carbonyl (C=O) groups excluding carboxylic acids is 2. The van der Waals surface area contributed by atoms with Crippen molar-refractivity contribution >= 4 is 62.4 Å². The molecule has 8 heteroatoms. The van der Waals surface area contributed by atoms with E-state index in [0.717, 1.165) is 27.4 Å². The van der Waals surface area contributed by atoms with Crippen LogP contribution in [0.4, 0.5) is 5.69 Å². The van der Waals surface area contributed by atoms with Gasteiger partial charge in [0.1, 0.15) is 17.9 Å². The lowest BCUT2D eigenvalue weighted by Crippen LogP contribution is -2.38. The van der Waals surface area contributed by atoms with Crippen LogP contribution >= 0.6 is 23.2 Å². The summed E-state index contributed by atoms with van der Waals surface area (Å²) >= 11 is 13.2. The number of carbonyl (C=O) groups is 2. The number of halogens is 2. The first kappa shape index (κ1) is 26.5. The van der Waals surface area contributed by atoms with Crippen LogP contribution in [-0.2, 0) is 11.4 Å². The number of nitrogens with zero attached hydrogens (tertiary/aromatic N) is 2. The minimum absolute atomic E-state index is 0.0843.